The van der Waals surface area contributed by atoms with Crippen molar-refractivity contribution >= 4 is 22.8 Å². The number of piperidine rings is 1. The maximum Gasteiger partial charge on any atom is 0.262 e. The minimum atomic E-state index is -2.99. The van der Waals surface area contributed by atoms with Crippen LogP contribution in [0.3, 0.4) is 0 Å². The SMILES string of the molecule is COc1cccc(F)c1CN1CC(n2nnc3cc(-c4ccnc(Nc5ccnn5C)n4)ccc32)CC(F)(F)C1. The quantitative estimate of drug-likeness (QED) is 0.315. The fourth-order valence-corrected chi connectivity index (χ4v) is 5.12. The molecular weight excluding hydrogens is 523 g/mol. The monoisotopic (exact) mass is 549 g/mol. The average Bonchev–Trinajstić information content (AvgIpc) is 3.54. The zero-order chi connectivity index (χ0) is 27.9. The Labute approximate surface area is 227 Å². The molecule has 1 aliphatic heterocycles. The van der Waals surface area contributed by atoms with Gasteiger partial charge in [0, 0.05) is 49.9 Å². The molecule has 0 aliphatic carbocycles. The van der Waals surface area contributed by atoms with Crippen LogP contribution in [0.15, 0.2) is 60.9 Å². The molecule has 206 valence electrons. The summed E-state index contributed by atoms with van der Waals surface area (Å²) >= 11 is 0. The normalized spacial score (nSPS) is 17.3. The number of benzene rings is 2. The summed E-state index contributed by atoms with van der Waals surface area (Å²) in [4.78, 5) is 10.4. The first kappa shape index (κ1) is 25.7. The molecule has 4 heterocycles. The van der Waals surface area contributed by atoms with Gasteiger partial charge in [0.25, 0.3) is 5.92 Å². The van der Waals surface area contributed by atoms with E-state index in [1.165, 1.54) is 28.8 Å². The summed E-state index contributed by atoms with van der Waals surface area (Å²) in [6.07, 6.45) is 2.92. The number of likely N-dealkylation sites (tertiary alicyclic amines) is 1. The van der Waals surface area contributed by atoms with Crippen LogP contribution in [-0.4, -0.2) is 65.8 Å². The Morgan fingerprint density at radius 3 is 2.80 bits per heavy atom. The van der Waals surface area contributed by atoms with Crippen LogP contribution in [0, 0.1) is 5.82 Å². The second-order valence-corrected chi connectivity index (χ2v) is 9.77. The van der Waals surface area contributed by atoms with Crippen LogP contribution < -0.4 is 10.1 Å². The van der Waals surface area contributed by atoms with Crippen LogP contribution in [0.25, 0.3) is 22.3 Å². The third kappa shape index (κ3) is 5.07. The summed E-state index contributed by atoms with van der Waals surface area (Å²) in [6, 6.07) is 12.8. The molecule has 1 fully saturated rings. The molecule has 1 saturated heterocycles. The van der Waals surface area contributed by atoms with Crippen LogP contribution in [0.1, 0.15) is 18.0 Å². The molecule has 2 aromatic carbocycles. The van der Waals surface area contributed by atoms with E-state index in [1.54, 1.807) is 35.3 Å². The number of hydrogen-bond donors (Lipinski definition) is 1. The Morgan fingerprint density at radius 1 is 1.12 bits per heavy atom. The second-order valence-electron chi connectivity index (χ2n) is 9.77. The van der Waals surface area contributed by atoms with Crippen molar-refractivity contribution < 1.29 is 17.9 Å². The Hall–Kier alpha value is -4.52. The zero-order valence-corrected chi connectivity index (χ0v) is 21.8. The van der Waals surface area contributed by atoms with Gasteiger partial charge < -0.3 is 10.1 Å². The van der Waals surface area contributed by atoms with Gasteiger partial charge in [-0.2, -0.15) is 5.10 Å². The van der Waals surface area contributed by atoms with Gasteiger partial charge in [0.1, 0.15) is 22.9 Å². The molecule has 40 heavy (non-hydrogen) atoms. The smallest absolute Gasteiger partial charge is 0.262 e. The Balaban J connectivity index is 1.25. The Bertz CT molecular complexity index is 1670. The zero-order valence-electron chi connectivity index (χ0n) is 21.8. The number of aryl methyl sites for hydroxylation is 1. The molecule has 1 unspecified atom stereocenters. The second kappa shape index (κ2) is 10.2. The Kier molecular flexibility index (Phi) is 6.58. The van der Waals surface area contributed by atoms with E-state index in [9.17, 15) is 13.2 Å². The van der Waals surface area contributed by atoms with E-state index in [2.05, 4.69) is 30.7 Å². The minimum absolute atomic E-state index is 0.0123. The summed E-state index contributed by atoms with van der Waals surface area (Å²) in [5, 5.41) is 15.8. The van der Waals surface area contributed by atoms with Crippen LogP contribution >= 0.6 is 0 Å². The van der Waals surface area contributed by atoms with Gasteiger partial charge in [0.05, 0.1) is 37.1 Å². The molecule has 1 N–H and O–H groups in total. The summed E-state index contributed by atoms with van der Waals surface area (Å²) in [6.45, 7) is -0.246. The van der Waals surface area contributed by atoms with Crippen molar-refractivity contribution in [3.05, 3.63) is 72.3 Å². The first-order chi connectivity index (χ1) is 19.3. The highest BCUT2D eigenvalue weighted by Gasteiger charge is 2.42. The lowest BCUT2D eigenvalue weighted by Crippen LogP contribution is -2.47. The van der Waals surface area contributed by atoms with Gasteiger partial charge >= 0.3 is 0 Å². The van der Waals surface area contributed by atoms with Crippen molar-refractivity contribution in [2.24, 2.45) is 7.05 Å². The molecule has 3 aromatic heterocycles. The predicted molar refractivity (Wildman–Crippen MR) is 142 cm³/mol. The van der Waals surface area contributed by atoms with Gasteiger partial charge in [-0.3, -0.25) is 9.58 Å². The molecule has 0 saturated carbocycles. The summed E-state index contributed by atoms with van der Waals surface area (Å²) in [7, 11) is 3.24. The number of aromatic nitrogens is 7. The number of methoxy groups -OCH3 is 1. The van der Waals surface area contributed by atoms with Gasteiger partial charge in [-0.05, 0) is 30.3 Å². The first-order valence-corrected chi connectivity index (χ1v) is 12.6. The topological polar surface area (TPSA) is 98.8 Å². The number of halogens is 3. The molecule has 0 radical (unpaired) electrons. The summed E-state index contributed by atoms with van der Waals surface area (Å²) in [5.41, 5.74) is 2.85. The lowest BCUT2D eigenvalue weighted by Gasteiger charge is -2.37. The number of ether oxygens (including phenoxy) is 1. The highest BCUT2D eigenvalue weighted by molar-refractivity contribution is 5.81. The van der Waals surface area contributed by atoms with Crippen molar-refractivity contribution in [3.63, 3.8) is 0 Å². The molecule has 0 spiro atoms. The molecule has 0 bridgehead atoms. The summed E-state index contributed by atoms with van der Waals surface area (Å²) < 4.78 is 52.8. The van der Waals surface area contributed by atoms with Crippen LogP contribution in [-0.2, 0) is 13.6 Å². The number of alkyl halides is 2. The Morgan fingerprint density at radius 2 is 2.00 bits per heavy atom. The van der Waals surface area contributed by atoms with E-state index in [0.29, 0.717) is 28.4 Å². The maximum atomic E-state index is 14.9. The molecule has 10 nitrogen and oxygen atoms in total. The molecule has 6 rings (SSSR count). The molecule has 1 aliphatic rings. The number of nitrogens with one attached hydrogen (secondary N) is 1. The van der Waals surface area contributed by atoms with Crippen LogP contribution in [0.4, 0.5) is 24.9 Å². The van der Waals surface area contributed by atoms with Crippen LogP contribution in [0.5, 0.6) is 5.75 Å². The predicted octanol–water partition coefficient (Wildman–Crippen LogP) is 4.60. The van der Waals surface area contributed by atoms with E-state index in [4.69, 9.17) is 4.74 Å². The van der Waals surface area contributed by atoms with Crippen molar-refractivity contribution in [3.8, 4) is 17.0 Å². The fraction of sp³-hybridized carbons (Fsp3) is 0.296. The molecular formula is C27H26F3N9O. The third-order valence-corrected chi connectivity index (χ3v) is 6.96. The van der Waals surface area contributed by atoms with Crippen LogP contribution in [0.2, 0.25) is 0 Å². The fourth-order valence-electron chi connectivity index (χ4n) is 5.12. The van der Waals surface area contributed by atoms with E-state index in [1.807, 2.05) is 25.2 Å². The largest absolute Gasteiger partial charge is 0.496 e. The average molecular weight is 550 g/mol. The third-order valence-electron chi connectivity index (χ3n) is 6.96. The van der Waals surface area contributed by atoms with Crippen molar-refractivity contribution in [2.75, 3.05) is 25.5 Å². The number of nitrogens with zero attached hydrogens (tertiary/aromatic N) is 8. The first-order valence-electron chi connectivity index (χ1n) is 12.6. The number of anilines is 2. The van der Waals surface area contributed by atoms with E-state index < -0.39 is 30.7 Å². The maximum absolute atomic E-state index is 14.9. The van der Waals surface area contributed by atoms with E-state index >= 15 is 0 Å². The van der Waals surface area contributed by atoms with Gasteiger partial charge in [-0.1, -0.05) is 17.3 Å². The van der Waals surface area contributed by atoms with Crippen molar-refractivity contribution in [1.82, 2.24) is 39.6 Å². The number of rotatable bonds is 7. The van der Waals surface area contributed by atoms with Crippen molar-refractivity contribution in [1.29, 1.82) is 0 Å². The van der Waals surface area contributed by atoms with Gasteiger partial charge in [0.2, 0.25) is 5.95 Å². The minimum Gasteiger partial charge on any atom is -0.496 e. The number of fused-ring (bicyclic) bond motifs is 1. The van der Waals surface area contributed by atoms with Gasteiger partial charge in [0.15, 0.2) is 0 Å². The standard InChI is InChI=1S/C27H26F3N9O/c1-37-25(9-11-32-37)34-26-31-10-8-21(33-26)17-6-7-23-22(12-17)35-36-39(23)18-13-27(29,30)16-38(14-18)15-19-20(28)4-3-5-24(19)40-2/h3-12,18H,13-16H2,1-2H3,(H,31,33,34). The summed E-state index contributed by atoms with van der Waals surface area (Å²) in [5.74, 6) is -2.01. The molecule has 1 atom stereocenters. The highest BCUT2D eigenvalue weighted by Crippen LogP contribution is 2.36. The number of hydrogen-bond acceptors (Lipinski definition) is 8. The molecule has 0 amide bonds. The van der Waals surface area contributed by atoms with E-state index in [0.717, 1.165) is 11.4 Å². The van der Waals surface area contributed by atoms with Gasteiger partial charge in [-0.15, -0.1) is 5.10 Å². The van der Waals surface area contributed by atoms with Gasteiger partial charge in [-0.25, -0.2) is 27.8 Å². The molecule has 5 aromatic rings. The van der Waals surface area contributed by atoms with Crippen molar-refractivity contribution in [2.45, 2.75) is 24.9 Å². The lowest BCUT2D eigenvalue weighted by atomic mass is 10.0. The van der Waals surface area contributed by atoms with E-state index in [-0.39, 0.29) is 18.7 Å². The lowest BCUT2D eigenvalue weighted by molar-refractivity contribution is -0.0850. The molecule has 13 heteroatoms. The highest BCUT2D eigenvalue weighted by atomic mass is 19.3.